The number of carbonyl (C=O) groups excluding carboxylic acids is 2. The maximum atomic E-state index is 13.1. The quantitative estimate of drug-likeness (QED) is 0.598. The number of likely N-dealkylation sites (N-methyl/N-ethyl adjacent to an activating group) is 1. The summed E-state index contributed by atoms with van der Waals surface area (Å²) in [5.41, 5.74) is -0.538. The molecule has 1 aromatic heterocycles. The van der Waals surface area contributed by atoms with Gasteiger partial charge in [-0.1, -0.05) is 26.0 Å². The molecule has 2 N–H and O–H groups in total. The molecular formula is C24H30FN5O4. The Balaban J connectivity index is 1.54. The third-order valence-corrected chi connectivity index (χ3v) is 6.70. The first-order chi connectivity index (χ1) is 16.3. The highest BCUT2D eigenvalue weighted by atomic mass is 19.1. The van der Waals surface area contributed by atoms with E-state index in [0.29, 0.717) is 25.2 Å². The minimum atomic E-state index is -0.882. The van der Waals surface area contributed by atoms with Crippen molar-refractivity contribution in [1.82, 2.24) is 24.6 Å². The molecule has 1 atom stereocenters. The minimum absolute atomic E-state index is 0.0815. The summed E-state index contributed by atoms with van der Waals surface area (Å²) in [5.74, 6) is -2.17. The molecule has 1 saturated heterocycles. The van der Waals surface area contributed by atoms with Crippen LogP contribution in [0, 0.1) is 5.82 Å². The molecule has 9 nitrogen and oxygen atoms in total. The van der Waals surface area contributed by atoms with Crippen LogP contribution in [0.5, 0.6) is 5.75 Å². The molecule has 2 amide bonds. The zero-order valence-electron chi connectivity index (χ0n) is 19.5. The van der Waals surface area contributed by atoms with Crippen LogP contribution in [-0.4, -0.2) is 81.6 Å². The number of rotatable bonds is 8. The van der Waals surface area contributed by atoms with Gasteiger partial charge in [-0.05, 0) is 30.8 Å². The van der Waals surface area contributed by atoms with Gasteiger partial charge in [0.05, 0.1) is 6.54 Å². The number of aromatic hydroxyl groups is 1. The van der Waals surface area contributed by atoms with Crippen LogP contribution in [0.15, 0.2) is 35.3 Å². The summed E-state index contributed by atoms with van der Waals surface area (Å²) >= 11 is 0. The number of amides is 2. The molecule has 182 valence electrons. The minimum Gasteiger partial charge on any atom is -0.503 e. The molecule has 0 aliphatic carbocycles. The lowest BCUT2D eigenvalue weighted by atomic mass is 10.1. The Labute approximate surface area is 197 Å². The van der Waals surface area contributed by atoms with Gasteiger partial charge in [-0.3, -0.25) is 19.3 Å². The van der Waals surface area contributed by atoms with E-state index in [1.54, 1.807) is 4.90 Å². The lowest BCUT2D eigenvalue weighted by Gasteiger charge is -2.36. The van der Waals surface area contributed by atoms with Crippen LogP contribution in [0.2, 0.25) is 0 Å². The van der Waals surface area contributed by atoms with Gasteiger partial charge in [0.1, 0.15) is 17.5 Å². The molecular weight excluding hydrogens is 441 g/mol. The number of halogens is 1. The number of pyridine rings is 1. The number of hydrogen-bond donors (Lipinski definition) is 2. The molecule has 2 aromatic rings. The van der Waals surface area contributed by atoms with Crippen molar-refractivity contribution in [3.63, 3.8) is 0 Å². The summed E-state index contributed by atoms with van der Waals surface area (Å²) in [6.07, 6.45) is 1.15. The van der Waals surface area contributed by atoms with E-state index in [1.165, 1.54) is 35.0 Å². The average Bonchev–Trinajstić information content (AvgIpc) is 3.24. The van der Waals surface area contributed by atoms with Gasteiger partial charge >= 0.3 is 0 Å². The first-order valence-electron chi connectivity index (χ1n) is 11.6. The van der Waals surface area contributed by atoms with E-state index in [0.717, 1.165) is 26.2 Å². The molecule has 3 heterocycles. The lowest BCUT2D eigenvalue weighted by molar-refractivity contribution is 0.0490. The summed E-state index contributed by atoms with van der Waals surface area (Å²) < 4.78 is 14.6. The summed E-state index contributed by atoms with van der Waals surface area (Å²) in [5, 5.41) is 13.2. The number of aromatic nitrogens is 1. The van der Waals surface area contributed by atoms with Gasteiger partial charge in [-0.25, -0.2) is 4.39 Å². The van der Waals surface area contributed by atoms with Crippen molar-refractivity contribution < 1.29 is 19.1 Å². The van der Waals surface area contributed by atoms with Gasteiger partial charge in [-0.2, -0.15) is 0 Å². The van der Waals surface area contributed by atoms with Gasteiger partial charge in [0.15, 0.2) is 11.4 Å². The van der Waals surface area contributed by atoms with Crippen molar-refractivity contribution in [3.05, 3.63) is 63.3 Å². The smallest absolute Gasteiger partial charge is 0.275 e. The second kappa shape index (κ2) is 9.94. The summed E-state index contributed by atoms with van der Waals surface area (Å²) in [6.45, 7) is 9.48. The average molecular weight is 472 g/mol. The van der Waals surface area contributed by atoms with E-state index in [4.69, 9.17) is 0 Å². The number of hydrogen-bond acceptors (Lipinski definition) is 6. The number of benzene rings is 1. The fraction of sp³-hybridized carbons (Fsp3) is 0.458. The molecule has 10 heteroatoms. The summed E-state index contributed by atoms with van der Waals surface area (Å²) in [4.78, 5) is 44.8. The monoisotopic (exact) mass is 471 g/mol. The fourth-order valence-corrected chi connectivity index (χ4v) is 4.62. The Morgan fingerprint density at radius 3 is 2.56 bits per heavy atom. The van der Waals surface area contributed by atoms with Crippen LogP contribution in [0.25, 0.3) is 0 Å². The molecule has 2 aliphatic heterocycles. The molecule has 2 aliphatic rings. The van der Waals surface area contributed by atoms with Gasteiger partial charge in [-0.15, -0.1) is 0 Å². The van der Waals surface area contributed by atoms with Gasteiger partial charge < -0.3 is 24.8 Å². The summed E-state index contributed by atoms with van der Waals surface area (Å²) in [6, 6.07) is 5.64. The molecule has 0 radical (unpaired) electrons. The van der Waals surface area contributed by atoms with E-state index in [2.05, 4.69) is 29.0 Å². The first kappa shape index (κ1) is 23.9. The van der Waals surface area contributed by atoms with E-state index in [1.807, 2.05) is 0 Å². The fourth-order valence-electron chi connectivity index (χ4n) is 4.62. The van der Waals surface area contributed by atoms with Crippen molar-refractivity contribution in [2.75, 3.05) is 39.3 Å². The predicted octanol–water partition coefficient (Wildman–Crippen LogP) is 1.06. The van der Waals surface area contributed by atoms with Crippen molar-refractivity contribution in [3.8, 4) is 5.75 Å². The van der Waals surface area contributed by atoms with Crippen molar-refractivity contribution in [2.24, 2.45) is 0 Å². The molecule has 0 saturated carbocycles. The van der Waals surface area contributed by atoms with Gasteiger partial charge in [0, 0.05) is 38.9 Å². The van der Waals surface area contributed by atoms with E-state index < -0.39 is 23.0 Å². The van der Waals surface area contributed by atoms with Crippen LogP contribution in [0.3, 0.4) is 0 Å². The van der Waals surface area contributed by atoms with Crippen molar-refractivity contribution in [1.29, 1.82) is 0 Å². The predicted molar refractivity (Wildman–Crippen MR) is 124 cm³/mol. The van der Waals surface area contributed by atoms with Crippen LogP contribution < -0.4 is 10.7 Å². The van der Waals surface area contributed by atoms with Crippen LogP contribution in [0.1, 0.15) is 40.3 Å². The second-order valence-corrected chi connectivity index (χ2v) is 8.57. The normalized spacial score (nSPS) is 17.7. The number of nitrogens with one attached hydrogen (secondary N) is 1. The highest BCUT2D eigenvalue weighted by Gasteiger charge is 2.42. The lowest BCUT2D eigenvalue weighted by Crippen LogP contribution is -2.51. The molecule has 1 fully saturated rings. The zero-order valence-corrected chi connectivity index (χ0v) is 19.5. The maximum absolute atomic E-state index is 13.1. The van der Waals surface area contributed by atoms with Crippen LogP contribution in [-0.2, 0) is 13.1 Å². The van der Waals surface area contributed by atoms with Crippen LogP contribution in [0.4, 0.5) is 4.39 Å². The van der Waals surface area contributed by atoms with Crippen molar-refractivity contribution >= 4 is 11.8 Å². The molecule has 0 bridgehead atoms. The SMILES string of the molecule is CCN(CC)CCN1CCN2C(=O)c3c(O)c(=O)c(C(=O)NCc4ccc(F)cc4)cn3CC12. The molecule has 1 aromatic carbocycles. The Morgan fingerprint density at radius 2 is 1.88 bits per heavy atom. The third-order valence-electron chi connectivity index (χ3n) is 6.70. The standard InChI is InChI=1S/C24H30FN5O4/c1-3-27(4-2)9-10-28-11-12-30-19(28)15-29-14-18(21(31)22(32)20(29)24(30)34)23(33)26-13-16-5-7-17(25)8-6-16/h5-8,14,19,32H,3-4,9-13,15H2,1-2H3,(H,26,33). The first-order valence-corrected chi connectivity index (χ1v) is 11.6. The Morgan fingerprint density at radius 1 is 1.18 bits per heavy atom. The largest absolute Gasteiger partial charge is 0.503 e. The number of fused-ring (bicyclic) bond motifs is 2. The zero-order chi connectivity index (χ0) is 24.4. The van der Waals surface area contributed by atoms with Gasteiger partial charge in [0.2, 0.25) is 5.43 Å². The Hall–Kier alpha value is -3.24. The maximum Gasteiger partial charge on any atom is 0.275 e. The highest BCUT2D eigenvalue weighted by molar-refractivity contribution is 5.99. The van der Waals surface area contributed by atoms with E-state index in [-0.39, 0.29) is 29.8 Å². The molecule has 1 unspecified atom stereocenters. The third kappa shape index (κ3) is 4.55. The topological polar surface area (TPSA) is 98.1 Å². The Kier molecular flexibility index (Phi) is 6.99. The Bertz CT molecular complexity index is 1130. The van der Waals surface area contributed by atoms with E-state index in [9.17, 15) is 23.9 Å². The number of nitrogens with zero attached hydrogens (tertiary/aromatic N) is 4. The summed E-state index contributed by atoms with van der Waals surface area (Å²) in [7, 11) is 0. The molecule has 34 heavy (non-hydrogen) atoms. The molecule has 4 rings (SSSR count). The van der Waals surface area contributed by atoms with E-state index >= 15 is 0 Å². The highest BCUT2D eigenvalue weighted by Crippen LogP contribution is 2.28. The van der Waals surface area contributed by atoms with Gasteiger partial charge in [0.25, 0.3) is 11.8 Å². The number of carbonyl (C=O) groups is 2. The molecule has 0 spiro atoms. The second-order valence-electron chi connectivity index (χ2n) is 8.57. The van der Waals surface area contributed by atoms with Crippen LogP contribution >= 0.6 is 0 Å². The van der Waals surface area contributed by atoms with Crippen molar-refractivity contribution in [2.45, 2.75) is 33.1 Å².